The van der Waals surface area contributed by atoms with Crippen molar-refractivity contribution in [3.63, 3.8) is 0 Å². The summed E-state index contributed by atoms with van der Waals surface area (Å²) in [7, 11) is 1.64. The van der Waals surface area contributed by atoms with Crippen LogP contribution in [0.2, 0.25) is 0 Å². The van der Waals surface area contributed by atoms with Crippen molar-refractivity contribution >= 4 is 34.2 Å². The Kier molecular flexibility index (Phi) is 7.27. The number of rotatable bonds is 7. The lowest BCUT2D eigenvalue weighted by Crippen LogP contribution is -2.39. The lowest BCUT2D eigenvalue weighted by Gasteiger charge is -2.44. The van der Waals surface area contributed by atoms with E-state index in [1.807, 2.05) is 6.07 Å². The molecule has 5 nitrogen and oxygen atoms in total. The van der Waals surface area contributed by atoms with Crippen LogP contribution in [0.4, 0.5) is 0 Å². The van der Waals surface area contributed by atoms with Gasteiger partial charge in [-0.3, -0.25) is 9.59 Å². The van der Waals surface area contributed by atoms with Crippen molar-refractivity contribution in [1.82, 2.24) is 4.90 Å². The SMILES string of the molecule is CCCOc1c(I)cc(C2C3=C(CCCC3=O)N(CCC)C3=C2C(=O)CCC3)cc1OC. The van der Waals surface area contributed by atoms with Crippen LogP contribution >= 0.6 is 22.6 Å². The van der Waals surface area contributed by atoms with Gasteiger partial charge in [-0.05, 0) is 78.8 Å². The first-order valence-electron chi connectivity index (χ1n) is 11.8. The molecule has 3 aliphatic rings. The van der Waals surface area contributed by atoms with Gasteiger partial charge < -0.3 is 14.4 Å². The van der Waals surface area contributed by atoms with E-state index in [1.54, 1.807) is 7.11 Å². The molecule has 1 aromatic rings. The van der Waals surface area contributed by atoms with E-state index in [-0.39, 0.29) is 17.5 Å². The molecule has 0 atom stereocenters. The van der Waals surface area contributed by atoms with Crippen molar-refractivity contribution in [2.75, 3.05) is 20.3 Å². The highest BCUT2D eigenvalue weighted by atomic mass is 127. The summed E-state index contributed by atoms with van der Waals surface area (Å²) in [6.07, 6.45) is 6.55. The Morgan fingerprint density at radius 3 is 2.12 bits per heavy atom. The second kappa shape index (κ2) is 9.98. The average Bonchev–Trinajstić information content (AvgIpc) is 2.78. The smallest absolute Gasteiger partial charge is 0.174 e. The normalized spacial score (nSPS) is 19.3. The third kappa shape index (κ3) is 4.11. The molecule has 0 aromatic heterocycles. The number of nitrogens with zero attached hydrogens (tertiary/aromatic N) is 1. The zero-order chi connectivity index (χ0) is 22.8. The second-order valence-electron chi connectivity index (χ2n) is 8.74. The van der Waals surface area contributed by atoms with Crippen molar-refractivity contribution in [2.45, 2.75) is 71.1 Å². The van der Waals surface area contributed by atoms with Gasteiger partial charge in [-0.15, -0.1) is 0 Å². The highest BCUT2D eigenvalue weighted by molar-refractivity contribution is 14.1. The molecule has 1 heterocycles. The predicted molar refractivity (Wildman–Crippen MR) is 133 cm³/mol. The molecule has 0 N–H and O–H groups in total. The Morgan fingerprint density at radius 1 is 0.969 bits per heavy atom. The molecule has 0 spiro atoms. The van der Waals surface area contributed by atoms with Gasteiger partial charge in [0.2, 0.25) is 0 Å². The summed E-state index contributed by atoms with van der Waals surface area (Å²) < 4.78 is 12.6. The number of methoxy groups -OCH3 is 1. The van der Waals surface area contributed by atoms with Crippen LogP contribution in [-0.2, 0) is 9.59 Å². The summed E-state index contributed by atoms with van der Waals surface area (Å²) in [5.41, 5.74) is 4.90. The van der Waals surface area contributed by atoms with Gasteiger partial charge in [-0.1, -0.05) is 13.8 Å². The van der Waals surface area contributed by atoms with Crippen molar-refractivity contribution in [2.24, 2.45) is 0 Å². The van der Waals surface area contributed by atoms with Crippen LogP contribution < -0.4 is 9.47 Å². The summed E-state index contributed by atoms with van der Waals surface area (Å²) in [6, 6.07) is 4.06. The van der Waals surface area contributed by atoms with Gasteiger partial charge in [0, 0.05) is 47.8 Å². The Morgan fingerprint density at radius 2 is 1.59 bits per heavy atom. The molecule has 4 rings (SSSR count). The minimum atomic E-state index is -0.309. The molecule has 0 bridgehead atoms. The molecule has 32 heavy (non-hydrogen) atoms. The molecule has 1 aliphatic heterocycles. The van der Waals surface area contributed by atoms with E-state index in [4.69, 9.17) is 9.47 Å². The van der Waals surface area contributed by atoms with Gasteiger partial charge in [0.1, 0.15) is 0 Å². The van der Waals surface area contributed by atoms with E-state index in [0.29, 0.717) is 25.2 Å². The number of hydrogen-bond donors (Lipinski definition) is 0. The number of hydrogen-bond acceptors (Lipinski definition) is 5. The van der Waals surface area contributed by atoms with E-state index >= 15 is 0 Å². The van der Waals surface area contributed by atoms with Crippen LogP contribution in [0, 0.1) is 3.57 Å². The van der Waals surface area contributed by atoms with E-state index < -0.39 is 0 Å². The molecule has 0 saturated heterocycles. The highest BCUT2D eigenvalue weighted by Gasteiger charge is 2.43. The van der Waals surface area contributed by atoms with Crippen LogP contribution in [-0.4, -0.2) is 36.7 Å². The Labute approximate surface area is 204 Å². The summed E-state index contributed by atoms with van der Waals surface area (Å²) in [4.78, 5) is 28.9. The Bertz CT molecular complexity index is 950. The zero-order valence-corrected chi connectivity index (χ0v) is 21.4. The van der Waals surface area contributed by atoms with Gasteiger partial charge in [0.15, 0.2) is 23.1 Å². The van der Waals surface area contributed by atoms with E-state index in [9.17, 15) is 9.59 Å². The molecular weight excluding hydrogens is 517 g/mol. The second-order valence-corrected chi connectivity index (χ2v) is 9.90. The van der Waals surface area contributed by atoms with Crippen LogP contribution in [0.1, 0.15) is 76.7 Å². The quantitative estimate of drug-likeness (QED) is 0.396. The maximum Gasteiger partial charge on any atom is 0.174 e. The zero-order valence-electron chi connectivity index (χ0n) is 19.3. The van der Waals surface area contributed by atoms with E-state index in [1.165, 1.54) is 0 Å². The molecule has 0 radical (unpaired) electrons. The Balaban J connectivity index is 1.92. The molecule has 0 saturated carbocycles. The van der Waals surface area contributed by atoms with Crippen molar-refractivity contribution in [1.29, 1.82) is 0 Å². The largest absolute Gasteiger partial charge is 0.493 e. The number of halogens is 1. The van der Waals surface area contributed by atoms with Crippen LogP contribution in [0.15, 0.2) is 34.7 Å². The lowest BCUT2D eigenvalue weighted by atomic mass is 9.71. The third-order valence-electron chi connectivity index (χ3n) is 6.57. The topological polar surface area (TPSA) is 55.8 Å². The summed E-state index contributed by atoms with van der Waals surface area (Å²) in [5.74, 6) is 1.45. The molecule has 2 aliphatic carbocycles. The van der Waals surface area contributed by atoms with E-state index in [0.717, 1.165) is 82.5 Å². The van der Waals surface area contributed by atoms with Gasteiger partial charge in [-0.2, -0.15) is 0 Å². The number of ether oxygens (including phenoxy) is 2. The first-order valence-corrected chi connectivity index (χ1v) is 12.9. The highest BCUT2D eigenvalue weighted by Crippen LogP contribution is 2.50. The fraction of sp³-hybridized carbons (Fsp3) is 0.538. The number of carbonyl (C=O) groups excluding carboxylic acids is 2. The van der Waals surface area contributed by atoms with Gasteiger partial charge in [-0.25, -0.2) is 0 Å². The molecule has 172 valence electrons. The van der Waals surface area contributed by atoms with Gasteiger partial charge in [0.25, 0.3) is 0 Å². The first kappa shape index (κ1) is 23.3. The molecule has 0 fully saturated rings. The molecule has 0 unspecified atom stereocenters. The van der Waals surface area contributed by atoms with Crippen LogP contribution in [0.25, 0.3) is 0 Å². The predicted octanol–water partition coefficient (Wildman–Crippen LogP) is 5.91. The van der Waals surface area contributed by atoms with Crippen molar-refractivity contribution in [3.8, 4) is 11.5 Å². The number of benzene rings is 1. The molecule has 1 aromatic carbocycles. The van der Waals surface area contributed by atoms with Crippen LogP contribution in [0.5, 0.6) is 11.5 Å². The minimum Gasteiger partial charge on any atom is -0.493 e. The minimum absolute atomic E-state index is 0.183. The lowest BCUT2D eigenvalue weighted by molar-refractivity contribution is -0.117. The van der Waals surface area contributed by atoms with E-state index in [2.05, 4.69) is 47.4 Å². The van der Waals surface area contributed by atoms with Gasteiger partial charge >= 0.3 is 0 Å². The Hall–Kier alpha value is -1.83. The summed E-state index contributed by atoms with van der Waals surface area (Å²) in [5, 5.41) is 0. The third-order valence-corrected chi connectivity index (χ3v) is 7.37. The molecule has 0 amide bonds. The monoisotopic (exact) mass is 549 g/mol. The van der Waals surface area contributed by atoms with Crippen molar-refractivity contribution < 1.29 is 19.1 Å². The fourth-order valence-corrected chi connectivity index (χ4v) is 6.08. The van der Waals surface area contributed by atoms with Crippen LogP contribution in [0.3, 0.4) is 0 Å². The number of allylic oxidation sites excluding steroid dienone is 4. The summed E-state index contributed by atoms with van der Waals surface area (Å²) in [6.45, 7) is 5.70. The average molecular weight is 549 g/mol. The van der Waals surface area contributed by atoms with Crippen molar-refractivity contribution in [3.05, 3.63) is 43.8 Å². The maximum atomic E-state index is 13.3. The standard InChI is InChI=1S/C26H32INO4/c1-4-12-28-18-8-6-10-20(29)24(18)23(25-19(28)9-7-11-21(25)30)16-14-17(27)26(32-13-5-2)22(15-16)31-3/h14-15,23H,4-13H2,1-3H3. The number of ketones is 2. The molecule has 6 heteroatoms. The number of carbonyl (C=O) groups is 2. The first-order chi connectivity index (χ1) is 15.5. The number of Topliss-reactive ketones (excluding diaryl/α,β-unsaturated/α-hetero) is 2. The fourth-order valence-electron chi connectivity index (χ4n) is 5.29. The summed E-state index contributed by atoms with van der Waals surface area (Å²) >= 11 is 2.28. The van der Waals surface area contributed by atoms with Gasteiger partial charge in [0.05, 0.1) is 17.3 Å². The maximum absolute atomic E-state index is 13.3. The molecular formula is C26H32INO4.